The van der Waals surface area contributed by atoms with E-state index in [0.717, 1.165) is 49.4 Å². The first kappa shape index (κ1) is 18.7. The fourth-order valence-electron chi connectivity index (χ4n) is 3.49. The van der Waals surface area contributed by atoms with Crippen molar-refractivity contribution in [2.75, 3.05) is 32.7 Å². The average molecular weight is 358 g/mol. The molecule has 3 rings (SSSR count). The fourth-order valence-corrected chi connectivity index (χ4v) is 3.49. The van der Waals surface area contributed by atoms with Crippen molar-refractivity contribution >= 4 is 17.1 Å². The highest BCUT2D eigenvalue weighted by Crippen LogP contribution is 2.15. The molecule has 1 aliphatic heterocycles. The van der Waals surface area contributed by atoms with Gasteiger partial charge in [-0.25, -0.2) is 9.78 Å². The minimum absolute atomic E-state index is 0.0623. The first-order chi connectivity index (χ1) is 12.7. The van der Waals surface area contributed by atoms with Crippen LogP contribution in [0.25, 0.3) is 11.0 Å². The first-order valence-corrected chi connectivity index (χ1v) is 9.86. The van der Waals surface area contributed by atoms with Crippen molar-refractivity contribution in [1.29, 1.82) is 0 Å². The van der Waals surface area contributed by atoms with Crippen molar-refractivity contribution in [3.63, 3.8) is 0 Å². The van der Waals surface area contributed by atoms with Crippen LogP contribution < -0.4 is 10.6 Å². The molecule has 2 aromatic rings. The van der Waals surface area contributed by atoms with Crippen molar-refractivity contribution in [3.05, 3.63) is 30.6 Å². The summed E-state index contributed by atoms with van der Waals surface area (Å²) in [6.07, 6.45) is 6.38. The lowest BCUT2D eigenvalue weighted by molar-refractivity contribution is 0.190. The van der Waals surface area contributed by atoms with Crippen LogP contribution in [0.4, 0.5) is 4.79 Å². The number of nitrogens with zero attached hydrogens (tertiary/aromatic N) is 3. The van der Waals surface area contributed by atoms with E-state index in [2.05, 4.69) is 38.1 Å². The summed E-state index contributed by atoms with van der Waals surface area (Å²) in [6, 6.07) is 8.05. The number of amides is 2. The Morgan fingerprint density at radius 3 is 2.58 bits per heavy atom. The highest BCUT2D eigenvalue weighted by Gasteiger charge is 2.14. The molecule has 0 saturated carbocycles. The number of hydrogen-bond donors (Lipinski definition) is 2. The second kappa shape index (κ2) is 9.57. The number of imidazole rings is 1. The SMILES string of the molecule is CC1CCN(CCCNC(=O)NCCCn2cnc3ccccc32)CC1. The summed E-state index contributed by atoms with van der Waals surface area (Å²) in [5.74, 6) is 0.871. The van der Waals surface area contributed by atoms with Crippen LogP contribution in [0.5, 0.6) is 0 Å². The fraction of sp³-hybridized carbons (Fsp3) is 0.600. The average Bonchev–Trinajstić information content (AvgIpc) is 3.07. The van der Waals surface area contributed by atoms with Crippen LogP contribution in [0, 0.1) is 5.92 Å². The number of benzene rings is 1. The molecule has 0 unspecified atom stereocenters. The summed E-state index contributed by atoms with van der Waals surface area (Å²) in [5.41, 5.74) is 2.16. The molecule has 2 amide bonds. The number of aryl methyl sites for hydroxylation is 1. The number of nitrogens with one attached hydrogen (secondary N) is 2. The molecule has 2 N–H and O–H groups in total. The number of hydrogen-bond acceptors (Lipinski definition) is 3. The lowest BCUT2D eigenvalue weighted by atomic mass is 9.99. The monoisotopic (exact) mass is 357 g/mol. The largest absolute Gasteiger partial charge is 0.338 e. The van der Waals surface area contributed by atoms with Crippen LogP contribution in [0.15, 0.2) is 30.6 Å². The summed E-state index contributed by atoms with van der Waals surface area (Å²) in [4.78, 5) is 18.7. The molecule has 6 heteroatoms. The smallest absolute Gasteiger partial charge is 0.314 e. The van der Waals surface area contributed by atoms with Gasteiger partial charge in [0.2, 0.25) is 0 Å². The molecule has 26 heavy (non-hydrogen) atoms. The zero-order chi connectivity index (χ0) is 18.2. The maximum absolute atomic E-state index is 11.9. The Bertz CT molecular complexity index is 690. The maximum Gasteiger partial charge on any atom is 0.314 e. The van der Waals surface area contributed by atoms with Gasteiger partial charge in [-0.05, 0) is 63.4 Å². The van der Waals surface area contributed by atoms with E-state index in [9.17, 15) is 4.79 Å². The molecule has 0 bridgehead atoms. The summed E-state index contributed by atoms with van der Waals surface area (Å²) in [5, 5.41) is 5.90. The highest BCUT2D eigenvalue weighted by atomic mass is 16.2. The molecule has 0 spiro atoms. The number of rotatable bonds is 8. The van der Waals surface area contributed by atoms with Crippen molar-refractivity contribution in [2.24, 2.45) is 5.92 Å². The van der Waals surface area contributed by atoms with E-state index < -0.39 is 0 Å². The van der Waals surface area contributed by atoms with Gasteiger partial charge in [0.25, 0.3) is 0 Å². The molecule has 1 fully saturated rings. The minimum atomic E-state index is -0.0623. The second-order valence-corrected chi connectivity index (χ2v) is 7.34. The third kappa shape index (κ3) is 5.46. The number of para-hydroxylation sites is 2. The van der Waals surface area contributed by atoms with Crippen LogP contribution in [0.2, 0.25) is 0 Å². The zero-order valence-corrected chi connectivity index (χ0v) is 15.8. The number of piperidine rings is 1. The molecule has 1 aromatic carbocycles. The van der Waals surface area contributed by atoms with E-state index in [1.807, 2.05) is 24.5 Å². The van der Waals surface area contributed by atoms with Gasteiger partial charge in [-0.3, -0.25) is 0 Å². The van der Waals surface area contributed by atoms with Crippen molar-refractivity contribution < 1.29 is 4.79 Å². The molecule has 2 heterocycles. The van der Waals surface area contributed by atoms with E-state index in [0.29, 0.717) is 6.54 Å². The second-order valence-electron chi connectivity index (χ2n) is 7.34. The van der Waals surface area contributed by atoms with Gasteiger partial charge in [-0.2, -0.15) is 0 Å². The van der Waals surface area contributed by atoms with Gasteiger partial charge in [0.15, 0.2) is 0 Å². The predicted molar refractivity (Wildman–Crippen MR) is 105 cm³/mol. The van der Waals surface area contributed by atoms with Crippen molar-refractivity contribution in [3.8, 4) is 0 Å². The molecular formula is C20H31N5O. The van der Waals surface area contributed by atoms with Crippen molar-refractivity contribution in [1.82, 2.24) is 25.1 Å². The number of carbonyl (C=O) groups excluding carboxylic acids is 1. The quantitative estimate of drug-likeness (QED) is 0.714. The summed E-state index contributed by atoms with van der Waals surface area (Å²) in [6.45, 7) is 8.09. The number of urea groups is 1. The van der Waals surface area contributed by atoms with Crippen LogP contribution in [0.3, 0.4) is 0 Å². The van der Waals surface area contributed by atoms with Gasteiger partial charge in [-0.15, -0.1) is 0 Å². The molecule has 0 aliphatic carbocycles. The van der Waals surface area contributed by atoms with Crippen LogP contribution in [-0.2, 0) is 6.54 Å². The normalized spacial score (nSPS) is 16.0. The van der Waals surface area contributed by atoms with E-state index in [1.54, 1.807) is 0 Å². The van der Waals surface area contributed by atoms with E-state index in [4.69, 9.17) is 0 Å². The third-order valence-electron chi connectivity index (χ3n) is 5.20. The maximum atomic E-state index is 11.9. The Morgan fingerprint density at radius 1 is 1.12 bits per heavy atom. The van der Waals surface area contributed by atoms with Gasteiger partial charge in [0.05, 0.1) is 17.4 Å². The first-order valence-electron chi connectivity index (χ1n) is 9.86. The van der Waals surface area contributed by atoms with Gasteiger partial charge in [-0.1, -0.05) is 19.1 Å². The Morgan fingerprint density at radius 2 is 1.81 bits per heavy atom. The van der Waals surface area contributed by atoms with E-state index >= 15 is 0 Å². The Kier molecular flexibility index (Phi) is 6.89. The molecule has 1 aliphatic rings. The van der Waals surface area contributed by atoms with E-state index in [1.165, 1.54) is 25.9 Å². The van der Waals surface area contributed by atoms with Crippen LogP contribution >= 0.6 is 0 Å². The number of likely N-dealkylation sites (tertiary alicyclic amines) is 1. The third-order valence-corrected chi connectivity index (χ3v) is 5.20. The molecule has 6 nitrogen and oxygen atoms in total. The molecule has 1 saturated heterocycles. The van der Waals surface area contributed by atoms with Gasteiger partial charge in [0, 0.05) is 19.6 Å². The van der Waals surface area contributed by atoms with Crippen LogP contribution in [-0.4, -0.2) is 53.2 Å². The molecule has 0 atom stereocenters. The summed E-state index contributed by atoms with van der Waals surface area (Å²) < 4.78 is 2.13. The number of fused-ring (bicyclic) bond motifs is 1. The van der Waals surface area contributed by atoms with Gasteiger partial charge < -0.3 is 20.1 Å². The summed E-state index contributed by atoms with van der Waals surface area (Å²) >= 11 is 0. The van der Waals surface area contributed by atoms with E-state index in [-0.39, 0.29) is 6.03 Å². The Labute approximate surface area is 156 Å². The van der Waals surface area contributed by atoms with Gasteiger partial charge >= 0.3 is 6.03 Å². The number of carbonyl (C=O) groups is 1. The minimum Gasteiger partial charge on any atom is -0.338 e. The zero-order valence-electron chi connectivity index (χ0n) is 15.8. The van der Waals surface area contributed by atoms with Crippen molar-refractivity contribution in [2.45, 2.75) is 39.2 Å². The Hall–Kier alpha value is -2.08. The molecule has 142 valence electrons. The molecule has 0 radical (unpaired) electrons. The molecule has 1 aromatic heterocycles. The highest BCUT2D eigenvalue weighted by molar-refractivity contribution is 5.75. The Balaban J connectivity index is 1.24. The molecular weight excluding hydrogens is 326 g/mol. The topological polar surface area (TPSA) is 62.2 Å². The lowest BCUT2D eigenvalue weighted by Gasteiger charge is -2.30. The number of aromatic nitrogens is 2. The van der Waals surface area contributed by atoms with Crippen LogP contribution in [0.1, 0.15) is 32.6 Å². The standard InChI is InChI=1S/C20H31N5O/c1-17-8-14-24(15-9-17)12-4-10-21-20(26)22-11-5-13-25-16-23-18-6-2-3-7-19(18)25/h2-3,6-7,16-17H,4-5,8-15H2,1H3,(H2,21,22,26). The van der Waals surface area contributed by atoms with Gasteiger partial charge in [0.1, 0.15) is 0 Å². The predicted octanol–water partition coefficient (Wildman–Crippen LogP) is 2.85. The lowest BCUT2D eigenvalue weighted by Crippen LogP contribution is -2.39. The summed E-state index contributed by atoms with van der Waals surface area (Å²) in [7, 11) is 0.